The van der Waals surface area contributed by atoms with E-state index in [1.165, 1.54) is 11.3 Å². The molecule has 1 aliphatic rings. The van der Waals surface area contributed by atoms with Gasteiger partial charge in [-0.05, 0) is 29.5 Å². The first kappa shape index (κ1) is 13.8. The van der Waals surface area contributed by atoms with E-state index in [0.29, 0.717) is 12.2 Å². The van der Waals surface area contributed by atoms with Crippen LogP contribution < -0.4 is 4.74 Å². The number of hydrogen-bond donors (Lipinski definition) is 0. The summed E-state index contributed by atoms with van der Waals surface area (Å²) in [6, 6.07) is 11.0. The van der Waals surface area contributed by atoms with Crippen molar-refractivity contribution in [3.63, 3.8) is 0 Å². The summed E-state index contributed by atoms with van der Waals surface area (Å²) in [5, 5.41) is 12.8. The molecule has 0 saturated heterocycles. The van der Waals surface area contributed by atoms with E-state index in [1.807, 2.05) is 29.6 Å². The molecular weight excluding hydrogens is 290 g/mol. The average molecular weight is 303 g/mol. The summed E-state index contributed by atoms with van der Waals surface area (Å²) >= 11 is 1.44. The van der Waals surface area contributed by atoms with Crippen molar-refractivity contribution in [1.29, 1.82) is 0 Å². The molecule has 1 aromatic carbocycles. The summed E-state index contributed by atoms with van der Waals surface area (Å²) in [6.07, 6.45) is 0.478. The quantitative estimate of drug-likeness (QED) is 0.377. The largest absolute Gasteiger partial charge is 0.426 e. The lowest BCUT2D eigenvalue weighted by atomic mass is 9.84. The van der Waals surface area contributed by atoms with Gasteiger partial charge in [-0.3, -0.25) is 14.9 Å². The van der Waals surface area contributed by atoms with E-state index in [9.17, 15) is 14.9 Å². The van der Waals surface area contributed by atoms with Crippen LogP contribution in [-0.4, -0.2) is 17.4 Å². The molecule has 21 heavy (non-hydrogen) atoms. The summed E-state index contributed by atoms with van der Waals surface area (Å²) in [6.45, 7) is -0.261. The fraction of sp³-hybridized carbons (Fsp3) is 0.267. The molecule has 0 bridgehead atoms. The van der Waals surface area contributed by atoms with Gasteiger partial charge < -0.3 is 4.74 Å². The molecule has 0 saturated carbocycles. The first-order valence-corrected chi connectivity index (χ1v) is 7.48. The number of rotatable bonds is 4. The number of nitro groups is 1. The van der Waals surface area contributed by atoms with E-state index in [4.69, 9.17) is 4.74 Å². The molecule has 0 unspecified atom stereocenters. The van der Waals surface area contributed by atoms with Crippen molar-refractivity contribution in [3.05, 3.63) is 62.3 Å². The topological polar surface area (TPSA) is 69.4 Å². The minimum absolute atomic E-state index is 0.261. The van der Waals surface area contributed by atoms with Gasteiger partial charge in [-0.1, -0.05) is 24.3 Å². The highest BCUT2D eigenvalue weighted by molar-refractivity contribution is 7.10. The van der Waals surface area contributed by atoms with Crippen LogP contribution in [0.5, 0.6) is 5.75 Å². The number of hydrogen-bond acceptors (Lipinski definition) is 5. The van der Waals surface area contributed by atoms with E-state index in [0.717, 1.165) is 10.4 Å². The molecule has 0 amide bonds. The summed E-state index contributed by atoms with van der Waals surface area (Å²) in [4.78, 5) is 23.7. The lowest BCUT2D eigenvalue weighted by Crippen LogP contribution is -2.35. The zero-order chi connectivity index (χ0) is 14.8. The summed E-state index contributed by atoms with van der Waals surface area (Å²) in [7, 11) is 0. The Morgan fingerprint density at radius 3 is 2.86 bits per heavy atom. The summed E-state index contributed by atoms with van der Waals surface area (Å²) < 4.78 is 5.35. The SMILES string of the molecule is O=C1Oc2ccccc2C[C@@H]1[C@H](C[N+](=O)[O-])c1cccs1. The van der Waals surface area contributed by atoms with Gasteiger partial charge in [-0.15, -0.1) is 11.3 Å². The first-order chi connectivity index (χ1) is 10.1. The predicted octanol–water partition coefficient (Wildman–Crippen LogP) is 2.89. The molecular formula is C15H13NO4S. The number of para-hydroxylation sites is 1. The van der Waals surface area contributed by atoms with Crippen LogP contribution in [0.1, 0.15) is 16.4 Å². The second kappa shape index (κ2) is 5.65. The molecule has 5 nitrogen and oxygen atoms in total. The van der Waals surface area contributed by atoms with E-state index in [2.05, 4.69) is 0 Å². The van der Waals surface area contributed by atoms with Crippen molar-refractivity contribution < 1.29 is 14.5 Å². The Balaban J connectivity index is 1.93. The van der Waals surface area contributed by atoms with E-state index in [1.54, 1.807) is 12.1 Å². The Labute approximate surface area is 125 Å². The Morgan fingerprint density at radius 2 is 2.14 bits per heavy atom. The Bertz CT molecular complexity index is 668. The van der Waals surface area contributed by atoms with Crippen molar-refractivity contribution in [2.24, 2.45) is 5.92 Å². The fourth-order valence-electron chi connectivity index (χ4n) is 2.66. The van der Waals surface area contributed by atoms with Gasteiger partial charge in [0.25, 0.3) is 0 Å². The highest BCUT2D eigenvalue weighted by atomic mass is 32.1. The molecule has 2 atom stereocenters. The third-order valence-electron chi connectivity index (χ3n) is 3.67. The van der Waals surface area contributed by atoms with Crippen LogP contribution in [0.3, 0.4) is 0 Å². The van der Waals surface area contributed by atoms with Gasteiger partial charge in [0.2, 0.25) is 6.54 Å². The third-order valence-corrected chi connectivity index (χ3v) is 4.67. The van der Waals surface area contributed by atoms with Crippen LogP contribution in [0.15, 0.2) is 41.8 Å². The standard InChI is InChI=1S/C15H13NO4S/c17-15-11(8-10-4-1-2-5-13(10)20-15)12(9-16(18)19)14-6-3-7-21-14/h1-7,11-12H,8-9H2/t11-,12+/m1/s1. The van der Waals surface area contributed by atoms with Gasteiger partial charge in [0.05, 0.1) is 11.8 Å². The lowest BCUT2D eigenvalue weighted by molar-refractivity contribution is -0.484. The number of benzene rings is 1. The van der Waals surface area contributed by atoms with Gasteiger partial charge >= 0.3 is 5.97 Å². The number of esters is 1. The van der Waals surface area contributed by atoms with Gasteiger partial charge in [0.1, 0.15) is 5.75 Å². The molecule has 3 rings (SSSR count). The molecule has 0 aliphatic carbocycles. The molecule has 2 aromatic rings. The number of carbonyl (C=O) groups excluding carboxylic acids is 1. The van der Waals surface area contributed by atoms with Crippen molar-refractivity contribution in [2.75, 3.05) is 6.54 Å². The third kappa shape index (κ3) is 2.80. The maximum absolute atomic E-state index is 12.2. The van der Waals surface area contributed by atoms with Gasteiger partial charge in [0, 0.05) is 9.80 Å². The van der Waals surface area contributed by atoms with Crippen LogP contribution >= 0.6 is 11.3 Å². The highest BCUT2D eigenvalue weighted by Gasteiger charge is 2.38. The maximum atomic E-state index is 12.2. The molecule has 0 spiro atoms. The lowest BCUT2D eigenvalue weighted by Gasteiger charge is -2.27. The predicted molar refractivity (Wildman–Crippen MR) is 78.2 cm³/mol. The Hall–Kier alpha value is -2.21. The van der Waals surface area contributed by atoms with E-state index >= 15 is 0 Å². The monoisotopic (exact) mass is 303 g/mol. The van der Waals surface area contributed by atoms with Gasteiger partial charge in [0.15, 0.2) is 0 Å². The van der Waals surface area contributed by atoms with Crippen molar-refractivity contribution in [2.45, 2.75) is 12.3 Å². The van der Waals surface area contributed by atoms with Crippen LogP contribution in [0.4, 0.5) is 0 Å². The Kier molecular flexibility index (Phi) is 3.70. The van der Waals surface area contributed by atoms with Crippen molar-refractivity contribution in [3.8, 4) is 5.75 Å². The molecule has 108 valence electrons. The molecule has 0 fully saturated rings. The zero-order valence-corrected chi connectivity index (χ0v) is 11.9. The van der Waals surface area contributed by atoms with Crippen molar-refractivity contribution in [1.82, 2.24) is 0 Å². The summed E-state index contributed by atoms with van der Waals surface area (Å²) in [5.74, 6) is -0.775. The van der Waals surface area contributed by atoms with Gasteiger partial charge in [-0.2, -0.15) is 0 Å². The minimum Gasteiger partial charge on any atom is -0.426 e. The molecule has 6 heteroatoms. The zero-order valence-electron chi connectivity index (χ0n) is 11.1. The maximum Gasteiger partial charge on any atom is 0.315 e. The molecule has 0 radical (unpaired) electrons. The first-order valence-electron chi connectivity index (χ1n) is 6.60. The van der Waals surface area contributed by atoms with E-state index < -0.39 is 11.8 Å². The van der Waals surface area contributed by atoms with Crippen LogP contribution in [0.25, 0.3) is 0 Å². The van der Waals surface area contributed by atoms with Crippen molar-refractivity contribution >= 4 is 17.3 Å². The Morgan fingerprint density at radius 1 is 1.33 bits per heavy atom. The normalized spacial score (nSPS) is 18.7. The molecule has 2 heterocycles. The highest BCUT2D eigenvalue weighted by Crippen LogP contribution is 2.37. The number of nitrogens with zero attached hydrogens (tertiary/aromatic N) is 1. The summed E-state index contributed by atoms with van der Waals surface area (Å²) in [5.41, 5.74) is 0.923. The number of ether oxygens (including phenoxy) is 1. The molecule has 1 aromatic heterocycles. The fourth-order valence-corrected chi connectivity index (χ4v) is 3.55. The van der Waals surface area contributed by atoms with Crippen LogP contribution in [0, 0.1) is 16.0 Å². The second-order valence-corrected chi connectivity index (χ2v) is 5.96. The molecule has 1 aliphatic heterocycles. The minimum atomic E-state index is -0.510. The van der Waals surface area contributed by atoms with Gasteiger partial charge in [-0.25, -0.2) is 0 Å². The average Bonchev–Trinajstić information content (AvgIpc) is 2.98. The molecule has 0 N–H and O–H groups in total. The van der Waals surface area contributed by atoms with Crippen LogP contribution in [-0.2, 0) is 11.2 Å². The van der Waals surface area contributed by atoms with Crippen LogP contribution in [0.2, 0.25) is 0 Å². The number of thiophene rings is 1. The van der Waals surface area contributed by atoms with E-state index in [-0.39, 0.29) is 17.4 Å². The second-order valence-electron chi connectivity index (χ2n) is 4.98. The number of fused-ring (bicyclic) bond motifs is 1. The number of carbonyl (C=O) groups is 1. The smallest absolute Gasteiger partial charge is 0.315 e.